The van der Waals surface area contributed by atoms with Crippen LogP contribution in [-0.4, -0.2) is 50.6 Å². The van der Waals surface area contributed by atoms with E-state index in [0.717, 1.165) is 57.6 Å². The second kappa shape index (κ2) is 14.4. The smallest absolute Gasteiger partial charge is 0.466 e. The van der Waals surface area contributed by atoms with Crippen molar-refractivity contribution >= 4 is 29.1 Å². The minimum absolute atomic E-state index is 0.0532. The van der Waals surface area contributed by atoms with Crippen molar-refractivity contribution in [3.05, 3.63) is 53.9 Å². The SMILES string of the molecule is CCOC(=O)CCCCCn1c(-c2cccnc2)c(C)c2c(CN(OC(=O)OC(C)(C)C)C(=O)OC(C)(C)C)cccc21. The van der Waals surface area contributed by atoms with Gasteiger partial charge in [0.1, 0.15) is 11.2 Å². The Labute approximate surface area is 254 Å². The molecule has 1 aromatic carbocycles. The Balaban J connectivity index is 1.99. The van der Waals surface area contributed by atoms with Crippen LogP contribution in [0.1, 0.15) is 85.3 Å². The second-order valence-electron chi connectivity index (χ2n) is 12.4. The number of unbranched alkanes of at least 4 members (excludes halogenated alkanes) is 2. The summed E-state index contributed by atoms with van der Waals surface area (Å²) < 4.78 is 18.2. The first kappa shape index (κ1) is 33.4. The van der Waals surface area contributed by atoms with Crippen LogP contribution in [0, 0.1) is 6.92 Å². The first-order valence-corrected chi connectivity index (χ1v) is 14.8. The van der Waals surface area contributed by atoms with E-state index in [-0.39, 0.29) is 12.5 Å². The molecule has 0 saturated carbocycles. The molecule has 43 heavy (non-hydrogen) atoms. The molecule has 10 nitrogen and oxygen atoms in total. The van der Waals surface area contributed by atoms with Crippen molar-refractivity contribution in [3.63, 3.8) is 0 Å². The van der Waals surface area contributed by atoms with Crippen LogP contribution in [0.2, 0.25) is 0 Å². The number of carbonyl (C=O) groups excluding carboxylic acids is 3. The lowest BCUT2D eigenvalue weighted by Crippen LogP contribution is -2.39. The van der Waals surface area contributed by atoms with Crippen LogP contribution >= 0.6 is 0 Å². The third-order valence-corrected chi connectivity index (χ3v) is 6.41. The van der Waals surface area contributed by atoms with E-state index in [9.17, 15) is 14.4 Å². The Hall–Kier alpha value is -4.08. The van der Waals surface area contributed by atoms with Crippen LogP contribution in [-0.2, 0) is 36.9 Å². The van der Waals surface area contributed by atoms with E-state index in [1.165, 1.54) is 0 Å². The van der Waals surface area contributed by atoms with E-state index in [4.69, 9.17) is 19.0 Å². The topological polar surface area (TPSA) is 109 Å². The zero-order valence-electron chi connectivity index (χ0n) is 26.7. The molecule has 0 atom stereocenters. The molecule has 0 fully saturated rings. The van der Waals surface area contributed by atoms with Gasteiger partial charge in [-0.05, 0) is 97.6 Å². The molecule has 2 heterocycles. The van der Waals surface area contributed by atoms with Gasteiger partial charge >= 0.3 is 18.2 Å². The van der Waals surface area contributed by atoms with Gasteiger partial charge in [-0.25, -0.2) is 9.59 Å². The maximum Gasteiger partial charge on any atom is 0.534 e. The quantitative estimate of drug-likeness (QED) is 0.101. The second-order valence-corrected chi connectivity index (χ2v) is 12.4. The summed E-state index contributed by atoms with van der Waals surface area (Å²) in [6.07, 6.45) is 4.62. The van der Waals surface area contributed by atoms with Gasteiger partial charge in [0.25, 0.3) is 0 Å². The van der Waals surface area contributed by atoms with Crippen molar-refractivity contribution in [2.75, 3.05) is 6.61 Å². The minimum atomic E-state index is -1.00. The number of hydroxylamine groups is 2. The highest BCUT2D eigenvalue weighted by Gasteiger charge is 2.29. The van der Waals surface area contributed by atoms with E-state index in [0.29, 0.717) is 19.6 Å². The fourth-order valence-electron chi connectivity index (χ4n) is 4.83. The first-order valence-electron chi connectivity index (χ1n) is 14.8. The highest BCUT2D eigenvalue weighted by molar-refractivity contribution is 5.94. The van der Waals surface area contributed by atoms with Crippen LogP contribution in [0.3, 0.4) is 0 Å². The predicted molar refractivity (Wildman–Crippen MR) is 164 cm³/mol. The number of hydrogen-bond donors (Lipinski definition) is 0. The Kier molecular flexibility index (Phi) is 11.2. The number of nitrogens with zero attached hydrogens (tertiary/aromatic N) is 3. The molecule has 0 N–H and O–H groups in total. The maximum absolute atomic E-state index is 13.2. The molecule has 234 valence electrons. The largest absolute Gasteiger partial charge is 0.534 e. The molecule has 10 heteroatoms. The number of fused-ring (bicyclic) bond motifs is 1. The van der Waals surface area contributed by atoms with Crippen LogP contribution in [0.15, 0.2) is 42.7 Å². The summed E-state index contributed by atoms with van der Waals surface area (Å²) in [7, 11) is 0. The van der Waals surface area contributed by atoms with E-state index < -0.39 is 23.5 Å². The minimum Gasteiger partial charge on any atom is -0.466 e. The number of aryl methyl sites for hydroxylation is 2. The van der Waals surface area contributed by atoms with Gasteiger partial charge in [-0.15, -0.1) is 5.06 Å². The van der Waals surface area contributed by atoms with Crippen molar-refractivity contribution in [2.24, 2.45) is 0 Å². The number of pyridine rings is 1. The lowest BCUT2D eigenvalue weighted by Gasteiger charge is -2.27. The molecule has 3 rings (SSSR count). The van der Waals surface area contributed by atoms with E-state index in [1.54, 1.807) is 47.7 Å². The lowest BCUT2D eigenvalue weighted by atomic mass is 10.0. The monoisotopic (exact) mass is 595 g/mol. The number of carbonyl (C=O) groups is 3. The van der Waals surface area contributed by atoms with Gasteiger partial charge in [0.05, 0.1) is 18.8 Å². The average Bonchev–Trinajstić information content (AvgIpc) is 3.18. The summed E-state index contributed by atoms with van der Waals surface area (Å²) in [4.78, 5) is 47.3. The van der Waals surface area contributed by atoms with Gasteiger partial charge in [-0.3, -0.25) is 14.6 Å². The van der Waals surface area contributed by atoms with Crippen LogP contribution in [0.4, 0.5) is 9.59 Å². The van der Waals surface area contributed by atoms with Gasteiger partial charge in [0.2, 0.25) is 0 Å². The molecule has 2 aromatic heterocycles. The normalized spacial score (nSPS) is 11.7. The summed E-state index contributed by atoms with van der Waals surface area (Å²) >= 11 is 0. The number of hydrogen-bond acceptors (Lipinski definition) is 8. The molecule has 0 aliphatic heterocycles. The lowest BCUT2D eigenvalue weighted by molar-refractivity contribution is -0.143. The Morgan fingerprint density at radius 1 is 0.930 bits per heavy atom. The predicted octanol–water partition coefficient (Wildman–Crippen LogP) is 7.74. The van der Waals surface area contributed by atoms with Crippen LogP contribution < -0.4 is 0 Å². The highest BCUT2D eigenvalue weighted by atomic mass is 16.8. The van der Waals surface area contributed by atoms with Gasteiger partial charge < -0.3 is 18.8 Å². The molecule has 0 spiro atoms. The van der Waals surface area contributed by atoms with Gasteiger partial charge in [-0.2, -0.15) is 0 Å². The summed E-state index contributed by atoms with van der Waals surface area (Å²) in [6.45, 7) is 15.3. The molecule has 0 aliphatic rings. The number of amides is 1. The Bertz CT molecular complexity index is 1400. The standard InChI is InChI=1S/C33H45N3O7/c1-9-40-27(37)18-11-10-12-20-35-26-17-13-15-25(28(26)23(2)29(35)24-16-14-19-34-21-24)22-36(30(38)41-32(3,4)5)43-31(39)42-33(6,7)8/h13-17,19,21H,9-12,18,20,22H2,1-8H3. The molecule has 0 saturated heterocycles. The van der Waals surface area contributed by atoms with E-state index in [1.807, 2.05) is 50.4 Å². The number of ether oxygens (including phenoxy) is 3. The van der Waals surface area contributed by atoms with Crippen molar-refractivity contribution in [2.45, 2.75) is 105 Å². The molecular formula is C33H45N3O7. The third kappa shape index (κ3) is 9.73. The first-order chi connectivity index (χ1) is 20.2. The molecule has 0 bridgehead atoms. The molecule has 0 unspecified atom stereocenters. The average molecular weight is 596 g/mol. The number of benzene rings is 1. The molecule has 0 radical (unpaired) electrons. The zero-order valence-corrected chi connectivity index (χ0v) is 26.7. The molecule has 1 amide bonds. The molecule has 0 aliphatic carbocycles. The fourth-order valence-corrected chi connectivity index (χ4v) is 4.83. The maximum atomic E-state index is 13.2. The molecular weight excluding hydrogens is 550 g/mol. The summed E-state index contributed by atoms with van der Waals surface area (Å²) in [5, 5.41) is 1.85. The van der Waals surface area contributed by atoms with Crippen LogP contribution in [0.5, 0.6) is 0 Å². The summed E-state index contributed by atoms with van der Waals surface area (Å²) in [5.41, 5.74) is 3.11. The van der Waals surface area contributed by atoms with Crippen molar-refractivity contribution in [3.8, 4) is 11.3 Å². The van der Waals surface area contributed by atoms with E-state index in [2.05, 4.69) is 9.55 Å². The molecule has 3 aromatic rings. The Morgan fingerprint density at radius 3 is 2.28 bits per heavy atom. The van der Waals surface area contributed by atoms with E-state index >= 15 is 0 Å². The Morgan fingerprint density at radius 2 is 1.65 bits per heavy atom. The number of esters is 1. The third-order valence-electron chi connectivity index (χ3n) is 6.41. The van der Waals surface area contributed by atoms with Crippen molar-refractivity contribution in [1.29, 1.82) is 0 Å². The summed E-state index contributed by atoms with van der Waals surface area (Å²) in [5.74, 6) is -0.173. The van der Waals surface area contributed by atoms with Gasteiger partial charge in [0, 0.05) is 41.8 Å². The fraction of sp³-hybridized carbons (Fsp3) is 0.515. The summed E-state index contributed by atoms with van der Waals surface area (Å²) in [6, 6.07) is 9.78. The van der Waals surface area contributed by atoms with Gasteiger partial charge in [0.15, 0.2) is 0 Å². The zero-order chi connectivity index (χ0) is 31.8. The van der Waals surface area contributed by atoms with Crippen molar-refractivity contribution in [1.82, 2.24) is 14.6 Å². The highest BCUT2D eigenvalue weighted by Crippen LogP contribution is 2.36. The van der Waals surface area contributed by atoms with Crippen molar-refractivity contribution < 1.29 is 33.4 Å². The van der Waals surface area contributed by atoms with Gasteiger partial charge in [-0.1, -0.05) is 18.6 Å². The van der Waals surface area contributed by atoms with Crippen LogP contribution in [0.25, 0.3) is 22.2 Å². The number of rotatable bonds is 10. The number of aromatic nitrogens is 2.